The van der Waals surface area contributed by atoms with Crippen LogP contribution in [0.4, 0.5) is 0 Å². The van der Waals surface area contributed by atoms with Gasteiger partial charge < -0.3 is 5.32 Å². The average molecular weight is 319 g/mol. The molecule has 21 heavy (non-hydrogen) atoms. The highest BCUT2D eigenvalue weighted by Gasteiger charge is 2.27. The first-order chi connectivity index (χ1) is 10.2. The summed E-state index contributed by atoms with van der Waals surface area (Å²) in [4.78, 5) is 1.40. The molecule has 3 nitrogen and oxygen atoms in total. The molecule has 112 valence electrons. The molecular formula is C16H21N3S2. The van der Waals surface area contributed by atoms with Crippen LogP contribution in [0.3, 0.4) is 0 Å². The van der Waals surface area contributed by atoms with Crippen LogP contribution in [0.2, 0.25) is 0 Å². The molecule has 1 aliphatic rings. The number of benzene rings is 1. The Morgan fingerprint density at radius 2 is 2.14 bits per heavy atom. The van der Waals surface area contributed by atoms with Crippen molar-refractivity contribution >= 4 is 23.1 Å². The summed E-state index contributed by atoms with van der Waals surface area (Å²) < 4.78 is 0. The molecular weight excluding hydrogens is 298 g/mol. The van der Waals surface area contributed by atoms with Crippen molar-refractivity contribution in [2.45, 2.75) is 31.1 Å². The largest absolute Gasteiger partial charge is 0.316 e. The van der Waals surface area contributed by atoms with Gasteiger partial charge in [-0.1, -0.05) is 32.0 Å². The minimum Gasteiger partial charge on any atom is -0.316 e. The third kappa shape index (κ3) is 3.65. The minimum atomic E-state index is 0.432. The molecule has 0 saturated heterocycles. The van der Waals surface area contributed by atoms with Gasteiger partial charge in [0.15, 0.2) is 0 Å². The highest BCUT2D eigenvalue weighted by atomic mass is 32.2. The van der Waals surface area contributed by atoms with Crippen LogP contribution in [0.15, 0.2) is 29.2 Å². The van der Waals surface area contributed by atoms with Gasteiger partial charge in [-0.2, -0.15) is 0 Å². The molecule has 3 rings (SSSR count). The molecule has 0 fully saturated rings. The standard InChI is InChI=1S/C16H21N3S2/c1-11(2)9-17-8-7-15-18-19-16(21-15)13-10-20-14-6-4-3-5-12(13)14/h3-6,11,13,17H,7-10H2,1-2H3. The van der Waals surface area contributed by atoms with Crippen molar-refractivity contribution in [3.05, 3.63) is 39.8 Å². The second kappa shape index (κ2) is 6.90. The summed E-state index contributed by atoms with van der Waals surface area (Å²) >= 11 is 3.71. The van der Waals surface area contributed by atoms with Gasteiger partial charge in [0.05, 0.1) is 0 Å². The predicted molar refractivity (Wildman–Crippen MR) is 90.3 cm³/mol. The van der Waals surface area contributed by atoms with Gasteiger partial charge in [0.2, 0.25) is 0 Å². The number of aromatic nitrogens is 2. The Labute approximate surface area is 134 Å². The summed E-state index contributed by atoms with van der Waals surface area (Å²) in [6.45, 7) is 6.51. The minimum absolute atomic E-state index is 0.432. The SMILES string of the molecule is CC(C)CNCCc1nnc(C2CSc3ccccc32)s1. The Morgan fingerprint density at radius 3 is 3.00 bits per heavy atom. The first-order valence-corrected chi connectivity index (χ1v) is 9.29. The fourth-order valence-corrected chi connectivity index (χ4v) is 4.76. The smallest absolute Gasteiger partial charge is 0.125 e. The normalized spacial score (nSPS) is 17.4. The Morgan fingerprint density at radius 1 is 1.29 bits per heavy atom. The average Bonchev–Trinajstić information content (AvgIpc) is 3.09. The number of hydrogen-bond acceptors (Lipinski definition) is 5. The van der Waals surface area contributed by atoms with Crippen LogP contribution in [0.1, 0.15) is 35.3 Å². The van der Waals surface area contributed by atoms with Crippen LogP contribution in [0, 0.1) is 5.92 Å². The van der Waals surface area contributed by atoms with Crippen molar-refractivity contribution in [3.63, 3.8) is 0 Å². The van der Waals surface area contributed by atoms with Crippen LogP contribution in [0.25, 0.3) is 0 Å². The molecule has 5 heteroatoms. The van der Waals surface area contributed by atoms with Crippen LogP contribution in [-0.2, 0) is 6.42 Å². The number of nitrogens with one attached hydrogen (secondary N) is 1. The Kier molecular flexibility index (Phi) is 4.93. The van der Waals surface area contributed by atoms with E-state index in [0.717, 1.165) is 30.3 Å². The summed E-state index contributed by atoms with van der Waals surface area (Å²) in [5, 5.41) is 14.6. The molecule has 2 aromatic rings. The molecule has 1 unspecified atom stereocenters. The van der Waals surface area contributed by atoms with Crippen LogP contribution < -0.4 is 5.32 Å². The van der Waals surface area contributed by atoms with E-state index in [4.69, 9.17) is 0 Å². The van der Waals surface area contributed by atoms with Crippen molar-refractivity contribution in [2.75, 3.05) is 18.8 Å². The molecule has 1 aliphatic heterocycles. The second-order valence-electron chi connectivity index (χ2n) is 5.78. The van der Waals surface area contributed by atoms with Gasteiger partial charge >= 0.3 is 0 Å². The highest BCUT2D eigenvalue weighted by Crippen LogP contribution is 2.43. The number of fused-ring (bicyclic) bond motifs is 1. The third-order valence-electron chi connectivity index (χ3n) is 3.55. The predicted octanol–water partition coefficient (Wildman–Crippen LogP) is 3.56. The van der Waals surface area contributed by atoms with E-state index >= 15 is 0 Å². The van der Waals surface area contributed by atoms with Crippen molar-refractivity contribution in [1.82, 2.24) is 15.5 Å². The van der Waals surface area contributed by atoms with E-state index in [0.29, 0.717) is 11.8 Å². The zero-order valence-corrected chi connectivity index (χ0v) is 14.1. The summed E-state index contributed by atoms with van der Waals surface area (Å²) in [7, 11) is 0. The summed E-state index contributed by atoms with van der Waals surface area (Å²) in [5.41, 5.74) is 1.42. The highest BCUT2D eigenvalue weighted by molar-refractivity contribution is 7.99. The van der Waals surface area contributed by atoms with Crippen molar-refractivity contribution < 1.29 is 0 Å². The maximum Gasteiger partial charge on any atom is 0.125 e. The lowest BCUT2D eigenvalue weighted by Crippen LogP contribution is -2.22. The van der Waals surface area contributed by atoms with E-state index < -0.39 is 0 Å². The first-order valence-electron chi connectivity index (χ1n) is 7.48. The lowest BCUT2D eigenvalue weighted by molar-refractivity contribution is 0.553. The van der Waals surface area contributed by atoms with Crippen molar-refractivity contribution in [2.24, 2.45) is 5.92 Å². The zero-order chi connectivity index (χ0) is 14.7. The van der Waals surface area contributed by atoms with Crippen molar-refractivity contribution in [1.29, 1.82) is 0 Å². The number of nitrogens with zero attached hydrogens (tertiary/aromatic N) is 2. The third-order valence-corrected chi connectivity index (χ3v) is 5.83. The van der Waals surface area contributed by atoms with E-state index in [2.05, 4.69) is 53.6 Å². The zero-order valence-electron chi connectivity index (χ0n) is 12.5. The quantitative estimate of drug-likeness (QED) is 0.826. The van der Waals surface area contributed by atoms with Gasteiger partial charge in [0.1, 0.15) is 10.0 Å². The maximum atomic E-state index is 4.44. The topological polar surface area (TPSA) is 37.8 Å². The van der Waals surface area contributed by atoms with Gasteiger partial charge in [0.25, 0.3) is 0 Å². The first kappa shape index (κ1) is 15.0. The fourth-order valence-electron chi connectivity index (χ4n) is 2.46. The van der Waals surface area contributed by atoms with Gasteiger partial charge in [-0.15, -0.1) is 33.3 Å². The lowest BCUT2D eigenvalue weighted by atomic mass is 10.0. The Balaban J connectivity index is 1.61. The summed E-state index contributed by atoms with van der Waals surface area (Å²) in [6, 6.07) is 8.67. The van der Waals surface area contributed by atoms with Gasteiger partial charge in [-0.25, -0.2) is 0 Å². The van der Waals surface area contributed by atoms with Crippen molar-refractivity contribution in [3.8, 4) is 0 Å². The molecule has 0 saturated carbocycles. The van der Waals surface area contributed by atoms with E-state index in [1.54, 1.807) is 11.3 Å². The monoisotopic (exact) mass is 319 g/mol. The molecule has 1 aromatic heterocycles. The van der Waals surface area contributed by atoms with E-state index in [-0.39, 0.29) is 0 Å². The summed E-state index contributed by atoms with van der Waals surface area (Å²) in [6.07, 6.45) is 0.978. The number of hydrogen-bond donors (Lipinski definition) is 1. The molecule has 0 amide bonds. The van der Waals surface area contributed by atoms with Crippen LogP contribution >= 0.6 is 23.1 Å². The molecule has 2 heterocycles. The van der Waals surface area contributed by atoms with Gasteiger partial charge in [0, 0.05) is 29.5 Å². The Bertz CT molecular complexity index is 595. The number of thioether (sulfide) groups is 1. The number of rotatable bonds is 6. The molecule has 1 N–H and O–H groups in total. The summed E-state index contributed by atoms with van der Waals surface area (Å²) in [5.74, 6) is 2.22. The van der Waals surface area contributed by atoms with Crippen LogP contribution in [-0.4, -0.2) is 29.0 Å². The molecule has 1 aromatic carbocycles. The molecule has 0 bridgehead atoms. The lowest BCUT2D eigenvalue weighted by Gasteiger charge is -2.06. The van der Waals surface area contributed by atoms with Gasteiger partial charge in [-0.3, -0.25) is 0 Å². The molecule has 0 spiro atoms. The molecule has 1 atom stereocenters. The van der Waals surface area contributed by atoms with E-state index in [1.165, 1.54) is 15.5 Å². The molecule has 0 radical (unpaired) electrons. The Hall–Kier alpha value is -0.910. The van der Waals surface area contributed by atoms with Gasteiger partial charge in [-0.05, 0) is 24.1 Å². The fraction of sp³-hybridized carbons (Fsp3) is 0.500. The molecule has 0 aliphatic carbocycles. The van der Waals surface area contributed by atoms with E-state index in [9.17, 15) is 0 Å². The van der Waals surface area contributed by atoms with Crippen LogP contribution in [0.5, 0.6) is 0 Å². The van der Waals surface area contributed by atoms with E-state index in [1.807, 2.05) is 11.8 Å². The maximum absolute atomic E-state index is 4.44. The second-order valence-corrected chi connectivity index (χ2v) is 7.94.